The van der Waals surface area contributed by atoms with Gasteiger partial charge in [0.2, 0.25) is 0 Å². The summed E-state index contributed by atoms with van der Waals surface area (Å²) in [6.45, 7) is 0. The van der Waals surface area contributed by atoms with Crippen LogP contribution in [0.5, 0.6) is 0 Å². The fourth-order valence-corrected chi connectivity index (χ4v) is 4.57. The van der Waals surface area contributed by atoms with Crippen LogP contribution in [-0.2, 0) is 5.75 Å². The molecule has 0 aliphatic rings. The predicted octanol–water partition coefficient (Wildman–Crippen LogP) is 4.72. The lowest BCUT2D eigenvalue weighted by Crippen LogP contribution is -2.21. The first kappa shape index (κ1) is 22.1. The molecule has 0 aliphatic heterocycles. The van der Waals surface area contributed by atoms with E-state index >= 15 is 0 Å². The van der Waals surface area contributed by atoms with E-state index in [1.807, 2.05) is 42.5 Å². The Bertz CT molecular complexity index is 1560. The Morgan fingerprint density at radius 2 is 1.68 bits per heavy atom. The quantitative estimate of drug-likeness (QED) is 0.249. The van der Waals surface area contributed by atoms with E-state index in [9.17, 15) is 9.59 Å². The number of nitrogens with zero attached hydrogens (tertiary/aromatic N) is 5. The molecule has 3 aromatic carbocycles. The highest BCUT2D eigenvalue weighted by atomic mass is 79.9. The molecular formula is C24H16BrN5O3S. The number of carbonyl (C=O) groups is 1. The number of carboxylic acid groups (broad SMARTS) is 1. The molecule has 0 amide bonds. The molecule has 34 heavy (non-hydrogen) atoms. The van der Waals surface area contributed by atoms with Crippen molar-refractivity contribution in [3.63, 3.8) is 0 Å². The molecule has 2 aromatic heterocycles. The van der Waals surface area contributed by atoms with Crippen molar-refractivity contribution in [1.29, 1.82) is 0 Å². The first-order valence-electron chi connectivity index (χ1n) is 10.1. The van der Waals surface area contributed by atoms with Crippen molar-refractivity contribution in [3.05, 3.63) is 105 Å². The average Bonchev–Trinajstić information content (AvgIpc) is 3.33. The number of aromatic carboxylic acids is 1. The van der Waals surface area contributed by atoms with Crippen molar-refractivity contribution in [3.8, 4) is 11.4 Å². The molecule has 1 N–H and O–H groups in total. The largest absolute Gasteiger partial charge is 0.478 e. The maximum absolute atomic E-state index is 13.3. The van der Waals surface area contributed by atoms with Gasteiger partial charge in [0.25, 0.3) is 5.56 Å². The summed E-state index contributed by atoms with van der Waals surface area (Å²) in [5.41, 5.74) is 2.80. The first-order valence-corrected chi connectivity index (χ1v) is 11.9. The minimum Gasteiger partial charge on any atom is -0.478 e. The van der Waals surface area contributed by atoms with Gasteiger partial charge in [0, 0.05) is 10.2 Å². The van der Waals surface area contributed by atoms with Crippen molar-refractivity contribution in [2.75, 3.05) is 0 Å². The molecule has 0 fully saturated rings. The molecule has 10 heteroatoms. The molecule has 0 saturated heterocycles. The summed E-state index contributed by atoms with van der Waals surface area (Å²) in [5.74, 6) is -0.545. The molecule has 0 spiro atoms. The number of fused-ring (bicyclic) bond motifs is 1. The minimum absolute atomic E-state index is 0.141. The van der Waals surface area contributed by atoms with Crippen molar-refractivity contribution in [2.24, 2.45) is 0 Å². The van der Waals surface area contributed by atoms with Gasteiger partial charge in [-0.15, -0.1) is 5.10 Å². The molecule has 0 bridgehead atoms. The van der Waals surface area contributed by atoms with Crippen LogP contribution in [0.2, 0.25) is 0 Å². The fourth-order valence-electron chi connectivity index (χ4n) is 3.41. The summed E-state index contributed by atoms with van der Waals surface area (Å²) in [6, 6.07) is 21.1. The molecular weight excluding hydrogens is 518 g/mol. The van der Waals surface area contributed by atoms with Gasteiger partial charge in [0.15, 0.2) is 5.16 Å². The van der Waals surface area contributed by atoms with Crippen molar-refractivity contribution >= 4 is 44.6 Å². The van der Waals surface area contributed by atoms with E-state index in [0.29, 0.717) is 33.2 Å². The Balaban J connectivity index is 1.46. The third-order valence-electron chi connectivity index (χ3n) is 5.10. The SMILES string of the molecule is O=C(O)c1ccc(-n2cc(CSc3nc4ccccc4c(=O)n3-c3ccc(Br)cc3)nn2)cc1. The second-order valence-corrected chi connectivity index (χ2v) is 9.18. The molecule has 5 aromatic rings. The Morgan fingerprint density at radius 1 is 0.971 bits per heavy atom. The van der Waals surface area contributed by atoms with Crippen LogP contribution in [0.4, 0.5) is 0 Å². The zero-order chi connectivity index (χ0) is 23.7. The molecule has 0 saturated carbocycles. The van der Waals surface area contributed by atoms with Crippen LogP contribution in [0, 0.1) is 0 Å². The van der Waals surface area contributed by atoms with Gasteiger partial charge in [0.1, 0.15) is 0 Å². The van der Waals surface area contributed by atoms with Crippen LogP contribution in [0.3, 0.4) is 0 Å². The first-order chi connectivity index (χ1) is 16.5. The van der Waals surface area contributed by atoms with Gasteiger partial charge in [-0.3, -0.25) is 9.36 Å². The average molecular weight is 534 g/mol. The summed E-state index contributed by atoms with van der Waals surface area (Å²) >= 11 is 4.82. The highest BCUT2D eigenvalue weighted by Gasteiger charge is 2.14. The van der Waals surface area contributed by atoms with E-state index < -0.39 is 5.97 Å². The lowest BCUT2D eigenvalue weighted by Gasteiger charge is -2.13. The van der Waals surface area contributed by atoms with Crippen LogP contribution >= 0.6 is 27.7 Å². The van der Waals surface area contributed by atoms with Gasteiger partial charge in [-0.05, 0) is 60.7 Å². The van der Waals surface area contributed by atoms with Gasteiger partial charge in [-0.25, -0.2) is 14.5 Å². The van der Waals surface area contributed by atoms with E-state index in [0.717, 1.165) is 10.2 Å². The normalized spacial score (nSPS) is 11.1. The fraction of sp³-hybridized carbons (Fsp3) is 0.0417. The third kappa shape index (κ3) is 4.37. The van der Waals surface area contributed by atoms with Crippen molar-refractivity contribution in [2.45, 2.75) is 10.9 Å². The number of aromatic nitrogens is 5. The third-order valence-corrected chi connectivity index (χ3v) is 6.60. The highest BCUT2D eigenvalue weighted by Crippen LogP contribution is 2.25. The topological polar surface area (TPSA) is 103 Å². The Hall–Kier alpha value is -3.76. The van der Waals surface area contributed by atoms with E-state index in [4.69, 9.17) is 10.1 Å². The monoisotopic (exact) mass is 533 g/mol. The highest BCUT2D eigenvalue weighted by molar-refractivity contribution is 9.10. The Labute approximate surface area is 206 Å². The van der Waals surface area contributed by atoms with Crippen LogP contribution < -0.4 is 5.56 Å². The molecule has 168 valence electrons. The molecule has 0 aliphatic carbocycles. The maximum Gasteiger partial charge on any atom is 0.335 e. The molecule has 0 unspecified atom stereocenters. The number of benzene rings is 3. The Morgan fingerprint density at radius 3 is 2.41 bits per heavy atom. The van der Waals surface area contributed by atoms with Crippen molar-refractivity contribution in [1.82, 2.24) is 24.5 Å². The molecule has 0 atom stereocenters. The van der Waals surface area contributed by atoms with E-state index in [2.05, 4.69) is 26.2 Å². The van der Waals surface area contributed by atoms with Gasteiger partial charge >= 0.3 is 5.97 Å². The maximum atomic E-state index is 13.3. The van der Waals surface area contributed by atoms with E-state index in [-0.39, 0.29) is 11.1 Å². The summed E-state index contributed by atoms with van der Waals surface area (Å²) in [5, 5.41) is 18.5. The standard InChI is InChI=1S/C24H16BrN5O3S/c25-16-7-11-19(12-8-16)30-22(31)20-3-1-2-4-21(20)26-24(30)34-14-17-13-29(28-27-17)18-9-5-15(6-10-18)23(32)33/h1-13H,14H2,(H,32,33). The minimum atomic E-state index is -0.984. The van der Waals surface area contributed by atoms with E-state index in [1.165, 1.54) is 23.9 Å². The number of para-hydroxylation sites is 1. The van der Waals surface area contributed by atoms with Crippen LogP contribution in [0.15, 0.2) is 93.4 Å². The number of rotatable bonds is 6. The summed E-state index contributed by atoms with van der Waals surface area (Å²) in [7, 11) is 0. The Kier molecular flexibility index (Phi) is 5.99. The second-order valence-electron chi connectivity index (χ2n) is 7.32. The van der Waals surface area contributed by atoms with E-state index in [1.54, 1.807) is 33.6 Å². The summed E-state index contributed by atoms with van der Waals surface area (Å²) < 4.78 is 4.10. The van der Waals surface area contributed by atoms with Crippen LogP contribution in [-0.4, -0.2) is 35.6 Å². The van der Waals surface area contributed by atoms with Gasteiger partial charge in [-0.1, -0.05) is 45.0 Å². The van der Waals surface area contributed by atoms with Crippen LogP contribution in [0.1, 0.15) is 16.1 Å². The lowest BCUT2D eigenvalue weighted by atomic mass is 10.2. The number of carboxylic acids is 1. The molecule has 2 heterocycles. The molecule has 0 radical (unpaired) electrons. The number of hydrogen-bond donors (Lipinski definition) is 1. The number of thioether (sulfide) groups is 1. The van der Waals surface area contributed by atoms with Gasteiger partial charge < -0.3 is 5.11 Å². The number of hydrogen-bond acceptors (Lipinski definition) is 6. The zero-order valence-corrected chi connectivity index (χ0v) is 19.9. The number of halogens is 1. The lowest BCUT2D eigenvalue weighted by molar-refractivity contribution is 0.0697. The zero-order valence-electron chi connectivity index (χ0n) is 17.5. The van der Waals surface area contributed by atoms with Gasteiger partial charge in [-0.2, -0.15) is 0 Å². The predicted molar refractivity (Wildman–Crippen MR) is 133 cm³/mol. The molecule has 8 nitrogen and oxygen atoms in total. The van der Waals surface area contributed by atoms with Crippen LogP contribution in [0.25, 0.3) is 22.3 Å². The summed E-state index contributed by atoms with van der Waals surface area (Å²) in [6.07, 6.45) is 1.77. The second kappa shape index (κ2) is 9.24. The smallest absolute Gasteiger partial charge is 0.335 e. The molecule has 5 rings (SSSR count). The van der Waals surface area contributed by atoms with Crippen molar-refractivity contribution < 1.29 is 9.90 Å². The summed E-state index contributed by atoms with van der Waals surface area (Å²) in [4.78, 5) is 29.1. The van der Waals surface area contributed by atoms with Gasteiger partial charge in [0.05, 0.1) is 39.7 Å².